The maximum atomic E-state index is 13.8. The van der Waals surface area contributed by atoms with E-state index in [0.29, 0.717) is 10.6 Å². The van der Waals surface area contributed by atoms with E-state index >= 15 is 0 Å². The maximum absolute atomic E-state index is 13.8. The van der Waals surface area contributed by atoms with Gasteiger partial charge in [-0.15, -0.1) is 0 Å². The van der Waals surface area contributed by atoms with Gasteiger partial charge in [-0.05, 0) is 36.9 Å². The molecule has 0 amide bonds. The molecule has 0 saturated carbocycles. The van der Waals surface area contributed by atoms with Crippen LogP contribution < -0.4 is 5.32 Å². The molecule has 0 aliphatic rings. The van der Waals surface area contributed by atoms with Crippen LogP contribution in [-0.4, -0.2) is 7.05 Å². The van der Waals surface area contributed by atoms with Crippen LogP contribution in [0.2, 0.25) is 5.02 Å². The van der Waals surface area contributed by atoms with E-state index in [-0.39, 0.29) is 11.9 Å². The van der Waals surface area contributed by atoms with Gasteiger partial charge < -0.3 is 5.32 Å². The molecular formula is C14H12BrClFN. The number of benzene rings is 2. The SMILES string of the molecule is CNC(c1ccccc1F)c1cc(Br)ccc1Cl. The van der Waals surface area contributed by atoms with E-state index in [1.54, 1.807) is 25.2 Å². The third-order valence-corrected chi connectivity index (χ3v) is 3.61. The zero-order chi connectivity index (χ0) is 13.1. The van der Waals surface area contributed by atoms with E-state index in [0.717, 1.165) is 10.0 Å². The third-order valence-electron chi connectivity index (χ3n) is 2.77. The van der Waals surface area contributed by atoms with Gasteiger partial charge >= 0.3 is 0 Å². The predicted molar refractivity (Wildman–Crippen MR) is 76.5 cm³/mol. The molecule has 0 spiro atoms. The molecule has 1 N–H and O–H groups in total. The van der Waals surface area contributed by atoms with Crippen LogP contribution in [-0.2, 0) is 0 Å². The van der Waals surface area contributed by atoms with E-state index in [9.17, 15) is 4.39 Å². The molecule has 2 aromatic carbocycles. The number of hydrogen-bond acceptors (Lipinski definition) is 1. The largest absolute Gasteiger partial charge is 0.309 e. The van der Waals surface area contributed by atoms with Gasteiger partial charge in [-0.25, -0.2) is 4.39 Å². The Labute approximate surface area is 119 Å². The second-order valence-electron chi connectivity index (χ2n) is 3.91. The molecule has 2 aromatic rings. The van der Waals surface area contributed by atoms with Gasteiger partial charge in [-0.2, -0.15) is 0 Å². The second kappa shape index (κ2) is 5.83. The van der Waals surface area contributed by atoms with Gasteiger partial charge in [0.1, 0.15) is 5.82 Å². The average molecular weight is 329 g/mol. The van der Waals surface area contributed by atoms with Crippen LogP contribution in [0.1, 0.15) is 17.2 Å². The van der Waals surface area contributed by atoms with Crippen molar-refractivity contribution in [1.29, 1.82) is 0 Å². The smallest absolute Gasteiger partial charge is 0.128 e. The summed E-state index contributed by atoms with van der Waals surface area (Å²) in [6.45, 7) is 0. The first-order valence-electron chi connectivity index (χ1n) is 5.50. The summed E-state index contributed by atoms with van der Waals surface area (Å²) in [6.07, 6.45) is 0. The fourth-order valence-corrected chi connectivity index (χ4v) is 2.53. The van der Waals surface area contributed by atoms with E-state index in [1.807, 2.05) is 18.2 Å². The van der Waals surface area contributed by atoms with Crippen LogP contribution in [0.5, 0.6) is 0 Å². The summed E-state index contributed by atoms with van der Waals surface area (Å²) in [5, 5.41) is 3.71. The number of rotatable bonds is 3. The van der Waals surface area contributed by atoms with Crippen molar-refractivity contribution in [3.05, 3.63) is 68.9 Å². The quantitative estimate of drug-likeness (QED) is 0.871. The summed E-state index contributed by atoms with van der Waals surface area (Å²) in [5.41, 5.74) is 1.43. The van der Waals surface area contributed by atoms with E-state index in [2.05, 4.69) is 21.2 Å². The van der Waals surface area contributed by atoms with E-state index in [4.69, 9.17) is 11.6 Å². The van der Waals surface area contributed by atoms with Crippen molar-refractivity contribution in [2.45, 2.75) is 6.04 Å². The van der Waals surface area contributed by atoms with Crippen molar-refractivity contribution in [3.63, 3.8) is 0 Å². The topological polar surface area (TPSA) is 12.0 Å². The molecule has 0 aromatic heterocycles. The van der Waals surface area contributed by atoms with Gasteiger partial charge in [0.05, 0.1) is 6.04 Å². The van der Waals surface area contributed by atoms with Crippen LogP contribution in [0.15, 0.2) is 46.9 Å². The van der Waals surface area contributed by atoms with Gasteiger partial charge in [-0.1, -0.05) is 45.7 Å². The molecule has 0 radical (unpaired) electrons. The first-order valence-corrected chi connectivity index (χ1v) is 6.67. The van der Waals surface area contributed by atoms with Crippen LogP contribution in [0.3, 0.4) is 0 Å². The number of nitrogens with one attached hydrogen (secondary N) is 1. The van der Waals surface area contributed by atoms with E-state index < -0.39 is 0 Å². The Balaban J connectivity index is 2.52. The first-order chi connectivity index (χ1) is 8.63. The Kier molecular flexibility index (Phi) is 4.38. The van der Waals surface area contributed by atoms with Crippen LogP contribution >= 0.6 is 27.5 Å². The summed E-state index contributed by atoms with van der Waals surface area (Å²) in [7, 11) is 1.79. The summed E-state index contributed by atoms with van der Waals surface area (Å²) in [6, 6.07) is 12.0. The molecular weight excluding hydrogens is 317 g/mol. The molecule has 1 nitrogen and oxygen atoms in total. The molecule has 94 valence electrons. The molecule has 1 atom stereocenters. The van der Waals surface area contributed by atoms with Crippen molar-refractivity contribution >= 4 is 27.5 Å². The number of hydrogen-bond donors (Lipinski definition) is 1. The lowest BCUT2D eigenvalue weighted by Gasteiger charge is -2.19. The Bertz CT molecular complexity index is 559. The number of halogens is 3. The molecule has 0 bridgehead atoms. The van der Waals surface area contributed by atoms with Crippen molar-refractivity contribution in [3.8, 4) is 0 Å². The van der Waals surface area contributed by atoms with Crippen molar-refractivity contribution in [2.24, 2.45) is 0 Å². The van der Waals surface area contributed by atoms with Crippen LogP contribution in [0.4, 0.5) is 4.39 Å². The lowest BCUT2D eigenvalue weighted by molar-refractivity contribution is 0.576. The monoisotopic (exact) mass is 327 g/mol. The molecule has 0 heterocycles. The fourth-order valence-electron chi connectivity index (χ4n) is 1.92. The fraction of sp³-hybridized carbons (Fsp3) is 0.143. The van der Waals surface area contributed by atoms with Gasteiger partial charge in [0.25, 0.3) is 0 Å². The van der Waals surface area contributed by atoms with Crippen LogP contribution in [0, 0.1) is 5.82 Å². The standard InChI is InChI=1S/C14H12BrClFN/c1-18-14(10-4-2-3-5-13(10)17)11-8-9(15)6-7-12(11)16/h2-8,14,18H,1H3. The van der Waals surface area contributed by atoms with Crippen LogP contribution in [0.25, 0.3) is 0 Å². The highest BCUT2D eigenvalue weighted by Gasteiger charge is 2.18. The normalized spacial score (nSPS) is 12.4. The first kappa shape index (κ1) is 13.5. The predicted octanol–water partition coefficient (Wildman–Crippen LogP) is 4.55. The third kappa shape index (κ3) is 2.74. The Hall–Kier alpha value is -0.900. The van der Waals surface area contributed by atoms with Gasteiger partial charge in [0.2, 0.25) is 0 Å². The summed E-state index contributed by atoms with van der Waals surface area (Å²) >= 11 is 9.59. The highest BCUT2D eigenvalue weighted by atomic mass is 79.9. The Morgan fingerprint density at radius 1 is 1.17 bits per heavy atom. The minimum Gasteiger partial charge on any atom is -0.309 e. The lowest BCUT2D eigenvalue weighted by Crippen LogP contribution is -2.19. The van der Waals surface area contributed by atoms with E-state index in [1.165, 1.54) is 6.07 Å². The minimum absolute atomic E-state index is 0.243. The highest BCUT2D eigenvalue weighted by molar-refractivity contribution is 9.10. The second-order valence-corrected chi connectivity index (χ2v) is 5.23. The zero-order valence-electron chi connectivity index (χ0n) is 9.75. The molecule has 1 unspecified atom stereocenters. The molecule has 18 heavy (non-hydrogen) atoms. The Morgan fingerprint density at radius 2 is 1.89 bits per heavy atom. The zero-order valence-corrected chi connectivity index (χ0v) is 12.1. The molecule has 4 heteroatoms. The lowest BCUT2D eigenvalue weighted by atomic mass is 9.98. The van der Waals surface area contributed by atoms with Gasteiger partial charge in [0, 0.05) is 15.1 Å². The summed E-state index contributed by atoms with van der Waals surface area (Å²) in [5.74, 6) is -0.243. The van der Waals surface area contributed by atoms with Crippen molar-refractivity contribution < 1.29 is 4.39 Å². The molecule has 0 aliphatic heterocycles. The molecule has 2 rings (SSSR count). The molecule has 0 aliphatic carbocycles. The molecule has 0 fully saturated rings. The summed E-state index contributed by atoms with van der Waals surface area (Å²) in [4.78, 5) is 0. The van der Waals surface area contributed by atoms with Crippen molar-refractivity contribution in [2.75, 3.05) is 7.05 Å². The molecule has 0 saturated heterocycles. The highest BCUT2D eigenvalue weighted by Crippen LogP contribution is 2.31. The minimum atomic E-state index is -0.267. The maximum Gasteiger partial charge on any atom is 0.128 e. The summed E-state index contributed by atoms with van der Waals surface area (Å²) < 4.78 is 14.8. The average Bonchev–Trinajstić information content (AvgIpc) is 2.36. The van der Waals surface area contributed by atoms with Crippen molar-refractivity contribution in [1.82, 2.24) is 5.32 Å². The Morgan fingerprint density at radius 3 is 2.56 bits per heavy atom. The van der Waals surface area contributed by atoms with Gasteiger partial charge in [0.15, 0.2) is 0 Å². The van der Waals surface area contributed by atoms with Gasteiger partial charge in [-0.3, -0.25) is 0 Å².